The number of fused-ring (bicyclic) bond motifs is 5. The van der Waals surface area contributed by atoms with E-state index in [-0.39, 0.29) is 23.8 Å². The smallest absolute Gasteiger partial charge is 0.321 e. The number of Topliss-reactive ketones (excluding diaryl/α,β-unsaturated/α-hetero) is 2. The minimum atomic E-state index is -1.70. The van der Waals surface area contributed by atoms with Gasteiger partial charge in [-0.05, 0) is 63.7 Å². The highest BCUT2D eigenvalue weighted by molar-refractivity contribution is 6.25. The molecule has 3 saturated carbocycles. The minimum absolute atomic E-state index is 0.128. The van der Waals surface area contributed by atoms with Gasteiger partial charge in [-0.3, -0.25) is 19.2 Å². The molecule has 192 valence electrons. The fraction of sp³-hybridized carbons (Fsp3) is 0.750. The van der Waals surface area contributed by atoms with Gasteiger partial charge in [0.25, 0.3) is 0 Å². The molecule has 5 unspecified atom stereocenters. The zero-order valence-corrected chi connectivity index (χ0v) is 22.2. The molecule has 0 aromatic heterocycles. The fourth-order valence-corrected chi connectivity index (χ4v) is 9.19. The van der Waals surface area contributed by atoms with Crippen LogP contribution in [0.15, 0.2) is 11.6 Å². The van der Waals surface area contributed by atoms with Gasteiger partial charge in [0.15, 0.2) is 11.6 Å². The van der Waals surface area contributed by atoms with Crippen LogP contribution in [0.2, 0.25) is 0 Å². The molecule has 4 aliphatic carbocycles. The van der Waals surface area contributed by atoms with E-state index in [9.17, 15) is 24.0 Å². The van der Waals surface area contributed by atoms with Crippen molar-refractivity contribution in [1.82, 2.24) is 0 Å². The van der Waals surface area contributed by atoms with Gasteiger partial charge < -0.3 is 14.3 Å². The van der Waals surface area contributed by atoms with Crippen LogP contribution in [0.25, 0.3) is 0 Å². The Kier molecular flexibility index (Phi) is 5.59. The van der Waals surface area contributed by atoms with E-state index in [4.69, 9.17) is 9.47 Å². The van der Waals surface area contributed by atoms with E-state index >= 15 is 0 Å². The number of esters is 2. The number of ether oxygens (including phenoxy) is 2. The molecule has 0 bridgehead atoms. The first-order chi connectivity index (χ1) is 16.1. The van der Waals surface area contributed by atoms with E-state index in [0.29, 0.717) is 31.3 Å². The molecule has 0 amide bonds. The molecule has 0 spiro atoms. The third-order valence-electron chi connectivity index (χ3n) is 10.9. The summed E-state index contributed by atoms with van der Waals surface area (Å²) < 4.78 is 11.0. The van der Waals surface area contributed by atoms with E-state index in [2.05, 4.69) is 0 Å². The van der Waals surface area contributed by atoms with Crippen molar-refractivity contribution in [3.8, 4) is 0 Å². The molecule has 0 aromatic carbocycles. The van der Waals surface area contributed by atoms with Crippen LogP contribution in [0, 0.1) is 44.8 Å². The van der Waals surface area contributed by atoms with E-state index in [1.807, 2.05) is 26.8 Å². The molecule has 0 N–H and O–H groups in total. The maximum Gasteiger partial charge on any atom is 0.321 e. The van der Waals surface area contributed by atoms with Crippen LogP contribution in [0.3, 0.4) is 0 Å². The van der Waals surface area contributed by atoms with Crippen molar-refractivity contribution in [2.75, 3.05) is 7.11 Å². The molecule has 0 aliphatic heterocycles. The van der Waals surface area contributed by atoms with Gasteiger partial charge in [0.05, 0.1) is 18.4 Å². The van der Waals surface area contributed by atoms with Crippen molar-refractivity contribution in [2.24, 2.45) is 44.8 Å². The van der Waals surface area contributed by atoms with Crippen LogP contribution in [0.5, 0.6) is 0 Å². The molecule has 4 rings (SSSR count). The first-order valence-corrected chi connectivity index (χ1v) is 12.6. The lowest BCUT2D eigenvalue weighted by Gasteiger charge is -2.67. The maximum absolute atomic E-state index is 14.0. The Balaban J connectivity index is 1.99. The largest absolute Gasteiger partial charge is 0.468 e. The number of aldehydes is 1. The number of hydrogen-bond donors (Lipinski definition) is 0. The summed E-state index contributed by atoms with van der Waals surface area (Å²) in [5, 5.41) is 0. The predicted octanol–water partition coefficient (Wildman–Crippen LogP) is 3.87. The number of ketones is 2. The minimum Gasteiger partial charge on any atom is -0.468 e. The van der Waals surface area contributed by atoms with Gasteiger partial charge in [-0.1, -0.05) is 32.4 Å². The zero-order valence-electron chi connectivity index (χ0n) is 22.2. The van der Waals surface area contributed by atoms with Crippen LogP contribution in [-0.2, 0) is 33.4 Å². The molecule has 0 radical (unpaired) electrons. The van der Waals surface area contributed by atoms with Crippen LogP contribution in [0.4, 0.5) is 0 Å². The van der Waals surface area contributed by atoms with Crippen LogP contribution >= 0.6 is 0 Å². The summed E-state index contributed by atoms with van der Waals surface area (Å²) in [6.07, 6.45) is 4.71. The number of carbonyl (C=O) groups excluding carboxylic acids is 5. The van der Waals surface area contributed by atoms with Gasteiger partial charge >= 0.3 is 11.9 Å². The van der Waals surface area contributed by atoms with E-state index in [1.165, 1.54) is 14.0 Å². The second-order valence-electron chi connectivity index (χ2n) is 12.3. The molecule has 8 atom stereocenters. The van der Waals surface area contributed by atoms with E-state index < -0.39 is 50.7 Å². The van der Waals surface area contributed by atoms with E-state index in [0.717, 1.165) is 6.29 Å². The highest BCUT2D eigenvalue weighted by Gasteiger charge is 2.82. The summed E-state index contributed by atoms with van der Waals surface area (Å²) in [4.78, 5) is 66.4. The molecular weight excluding hydrogens is 448 g/mol. The number of carbonyl (C=O) groups is 5. The van der Waals surface area contributed by atoms with Crippen LogP contribution < -0.4 is 0 Å². The summed E-state index contributed by atoms with van der Waals surface area (Å²) in [5.41, 5.74) is -4.74. The Morgan fingerprint density at radius 3 is 2.23 bits per heavy atom. The van der Waals surface area contributed by atoms with Gasteiger partial charge in [-0.25, -0.2) is 0 Å². The monoisotopic (exact) mass is 486 g/mol. The SMILES string of the molecule is COC(=O)C12C(=O)C(C)C(=O)[C@@]1(C)C(C)=C[C@H]1C2(C)CCC2C(C)(C)C(OC(C)=O)CC[C@@]21C=O. The molecular formula is C28H38O7. The first kappa shape index (κ1) is 25.8. The maximum atomic E-state index is 14.0. The second kappa shape index (κ2) is 7.59. The van der Waals surface area contributed by atoms with Gasteiger partial charge in [0.1, 0.15) is 17.8 Å². The Morgan fingerprint density at radius 1 is 1.06 bits per heavy atom. The highest BCUT2D eigenvalue weighted by atomic mass is 16.5. The van der Waals surface area contributed by atoms with Gasteiger partial charge in [0, 0.05) is 17.8 Å². The Labute approximate surface area is 207 Å². The lowest BCUT2D eigenvalue weighted by atomic mass is 9.34. The molecule has 35 heavy (non-hydrogen) atoms. The summed E-state index contributed by atoms with van der Waals surface area (Å²) >= 11 is 0. The van der Waals surface area contributed by atoms with Gasteiger partial charge in [-0.2, -0.15) is 0 Å². The molecule has 0 heterocycles. The summed E-state index contributed by atoms with van der Waals surface area (Å²) in [6.45, 7) is 12.5. The van der Waals surface area contributed by atoms with Crippen LogP contribution in [-0.4, -0.2) is 43.0 Å². The second-order valence-corrected chi connectivity index (χ2v) is 12.3. The molecule has 7 heteroatoms. The van der Waals surface area contributed by atoms with Crippen LogP contribution in [0.1, 0.15) is 74.1 Å². The number of rotatable bonds is 3. The normalized spacial score (nSPS) is 46.0. The quantitative estimate of drug-likeness (QED) is 0.258. The zero-order chi connectivity index (χ0) is 26.4. The standard InChI is InChI=1S/C28H38O7/c1-15-13-19-25(6,28(23(33)34-8)22(32)16(2)21(31)26(15,28)7)11-9-18-24(4,5)20(35-17(3)30)10-12-27(18,19)14-29/h13-14,16,18-20H,9-12H2,1-8H3/t16?,18?,19-,20?,25?,26+,27+,28?/m0/s1. The van der Waals surface area contributed by atoms with Crippen molar-refractivity contribution >= 4 is 29.8 Å². The fourth-order valence-electron chi connectivity index (χ4n) is 9.19. The Morgan fingerprint density at radius 2 is 1.69 bits per heavy atom. The topological polar surface area (TPSA) is 104 Å². The van der Waals surface area contributed by atoms with E-state index in [1.54, 1.807) is 20.8 Å². The number of hydrogen-bond acceptors (Lipinski definition) is 7. The van der Waals surface area contributed by atoms with Gasteiger partial charge in [0.2, 0.25) is 0 Å². The van der Waals surface area contributed by atoms with Crippen molar-refractivity contribution in [2.45, 2.75) is 80.3 Å². The molecule has 3 fully saturated rings. The first-order valence-electron chi connectivity index (χ1n) is 12.6. The lowest BCUT2D eigenvalue weighted by Crippen LogP contribution is -2.70. The third kappa shape index (κ3) is 2.65. The Bertz CT molecular complexity index is 1060. The summed E-state index contributed by atoms with van der Waals surface area (Å²) in [5.74, 6) is -3.20. The average Bonchev–Trinajstić information content (AvgIpc) is 2.95. The van der Waals surface area contributed by atoms with Gasteiger partial charge in [-0.15, -0.1) is 0 Å². The molecule has 4 aliphatic rings. The third-order valence-corrected chi connectivity index (χ3v) is 10.9. The summed E-state index contributed by atoms with van der Waals surface area (Å²) in [7, 11) is 1.26. The Hall–Kier alpha value is -2.31. The number of methoxy groups -OCH3 is 1. The summed E-state index contributed by atoms with van der Waals surface area (Å²) in [6, 6.07) is 0. The van der Waals surface area contributed by atoms with Crippen molar-refractivity contribution in [3.63, 3.8) is 0 Å². The molecule has 0 saturated heterocycles. The lowest BCUT2D eigenvalue weighted by molar-refractivity contribution is -0.217. The van der Waals surface area contributed by atoms with Crippen molar-refractivity contribution < 1.29 is 33.4 Å². The predicted molar refractivity (Wildman–Crippen MR) is 127 cm³/mol. The van der Waals surface area contributed by atoms with Crippen molar-refractivity contribution in [3.05, 3.63) is 11.6 Å². The molecule has 0 aromatic rings. The van der Waals surface area contributed by atoms with Crippen molar-refractivity contribution in [1.29, 1.82) is 0 Å². The highest BCUT2D eigenvalue weighted by Crippen LogP contribution is 2.76. The molecule has 7 nitrogen and oxygen atoms in total. The average molecular weight is 487 g/mol. The number of allylic oxidation sites excluding steroid dienone is 2.